The van der Waals surface area contributed by atoms with Crippen molar-refractivity contribution in [2.75, 3.05) is 38.7 Å². The van der Waals surface area contributed by atoms with Gasteiger partial charge in [-0.25, -0.2) is 0 Å². The number of aliphatic carboxylic acids is 3. The zero-order valence-corrected chi connectivity index (χ0v) is 39.4. The molecule has 0 aliphatic heterocycles. The number of amides is 2. The molecule has 0 fully saturated rings. The van der Waals surface area contributed by atoms with Gasteiger partial charge in [-0.2, -0.15) is 8.42 Å². The van der Waals surface area contributed by atoms with Gasteiger partial charge in [0, 0.05) is 45.1 Å². The normalized spacial score (nSPS) is 13.3. The van der Waals surface area contributed by atoms with E-state index < -0.39 is 81.7 Å². The standard InChI is InChI=1S/C45H79N3O16S/c1-2-37(46)39(50)21-17-15-16-20-34(44(56)57)30-36(49)32-64-29-28-63-27-26-47-41(52)25-24-35(45(58)59)31-40(51)38(33-65(60,61)62)48-42(53)22-18-13-11-9-7-5-3-4-6-8-10-12-14-19-23-43(54)55/h34-35,37-38H,2-33,46H2,1H3,(H,47,52)(H,48,53)(H,54,55)(H,56,57)(H,58,59)(H,60,61,62). The highest BCUT2D eigenvalue weighted by Gasteiger charge is 2.31. The van der Waals surface area contributed by atoms with Crippen LogP contribution in [0.4, 0.5) is 0 Å². The summed E-state index contributed by atoms with van der Waals surface area (Å²) in [6.07, 6.45) is 15.7. The first-order valence-corrected chi connectivity index (χ1v) is 25.1. The first-order valence-electron chi connectivity index (χ1n) is 23.5. The quantitative estimate of drug-likeness (QED) is 0.0305. The zero-order valence-electron chi connectivity index (χ0n) is 38.6. The molecular weight excluding hydrogens is 871 g/mol. The van der Waals surface area contributed by atoms with E-state index in [0.29, 0.717) is 44.9 Å². The molecule has 0 rings (SSSR count). The summed E-state index contributed by atoms with van der Waals surface area (Å²) in [6.45, 7) is 1.75. The lowest BCUT2D eigenvalue weighted by molar-refractivity contribution is -0.145. The maximum atomic E-state index is 13.0. The van der Waals surface area contributed by atoms with Crippen LogP contribution in [0.3, 0.4) is 0 Å². The average molecular weight is 950 g/mol. The molecule has 0 aromatic heterocycles. The molecule has 0 spiro atoms. The lowest BCUT2D eigenvalue weighted by atomic mass is 9.94. The predicted octanol–water partition coefficient (Wildman–Crippen LogP) is 5.19. The van der Waals surface area contributed by atoms with Gasteiger partial charge in [0.05, 0.1) is 37.7 Å². The van der Waals surface area contributed by atoms with Crippen molar-refractivity contribution < 1.29 is 76.1 Å². The van der Waals surface area contributed by atoms with Crippen LogP contribution in [-0.4, -0.2) is 126 Å². The van der Waals surface area contributed by atoms with E-state index in [0.717, 1.165) is 77.0 Å². The second kappa shape index (κ2) is 38.3. The number of unbranched alkanes of at least 4 members (excludes halogenated alkanes) is 15. The lowest BCUT2D eigenvalue weighted by Gasteiger charge is -2.19. The second-order valence-electron chi connectivity index (χ2n) is 16.8. The van der Waals surface area contributed by atoms with Crippen LogP contribution in [0.15, 0.2) is 0 Å². The fourth-order valence-corrected chi connectivity index (χ4v) is 7.75. The Morgan fingerprint density at radius 3 is 1.58 bits per heavy atom. The number of nitrogens with two attached hydrogens (primary N) is 1. The largest absolute Gasteiger partial charge is 0.481 e. The van der Waals surface area contributed by atoms with E-state index in [1.807, 2.05) is 6.92 Å². The van der Waals surface area contributed by atoms with Crippen LogP contribution < -0.4 is 16.4 Å². The highest BCUT2D eigenvalue weighted by atomic mass is 32.2. The summed E-state index contributed by atoms with van der Waals surface area (Å²) in [6, 6.07) is -2.14. The minimum atomic E-state index is -4.72. The van der Waals surface area contributed by atoms with Crippen molar-refractivity contribution in [1.82, 2.24) is 10.6 Å². The van der Waals surface area contributed by atoms with Gasteiger partial charge >= 0.3 is 17.9 Å². The third kappa shape index (κ3) is 37.0. The summed E-state index contributed by atoms with van der Waals surface area (Å²) >= 11 is 0. The van der Waals surface area contributed by atoms with E-state index in [4.69, 9.17) is 20.3 Å². The fourth-order valence-electron chi connectivity index (χ4n) is 7.06. The summed E-state index contributed by atoms with van der Waals surface area (Å²) in [5.74, 6) is -9.02. The number of hydrogen-bond donors (Lipinski definition) is 7. The maximum Gasteiger partial charge on any atom is 0.306 e. The number of carbonyl (C=O) groups excluding carboxylic acids is 5. The van der Waals surface area contributed by atoms with E-state index in [1.54, 1.807) is 0 Å². The van der Waals surface area contributed by atoms with Crippen LogP contribution in [-0.2, 0) is 57.9 Å². The average Bonchev–Trinajstić information content (AvgIpc) is 3.23. The molecule has 0 radical (unpaired) electrons. The Morgan fingerprint density at radius 1 is 0.569 bits per heavy atom. The van der Waals surface area contributed by atoms with Gasteiger partial charge in [-0.3, -0.25) is 42.9 Å². The Bertz CT molecular complexity index is 1530. The van der Waals surface area contributed by atoms with Gasteiger partial charge in [0.25, 0.3) is 10.1 Å². The summed E-state index contributed by atoms with van der Waals surface area (Å²) in [7, 11) is -4.72. The molecule has 0 saturated heterocycles. The van der Waals surface area contributed by atoms with Crippen molar-refractivity contribution >= 4 is 57.2 Å². The number of ketones is 3. The molecule has 376 valence electrons. The summed E-state index contributed by atoms with van der Waals surface area (Å²) in [4.78, 5) is 96.2. The molecule has 20 heteroatoms. The van der Waals surface area contributed by atoms with Crippen molar-refractivity contribution in [2.24, 2.45) is 17.6 Å². The van der Waals surface area contributed by atoms with Gasteiger partial charge in [-0.05, 0) is 38.5 Å². The summed E-state index contributed by atoms with van der Waals surface area (Å²) in [5, 5.41) is 32.7. The number of hydrogen-bond acceptors (Lipinski definition) is 13. The molecule has 0 aliphatic carbocycles. The minimum Gasteiger partial charge on any atom is -0.481 e. The molecule has 0 bridgehead atoms. The molecule has 8 N–H and O–H groups in total. The van der Waals surface area contributed by atoms with E-state index in [-0.39, 0.29) is 76.6 Å². The number of rotatable bonds is 46. The number of nitrogens with one attached hydrogen (secondary N) is 2. The van der Waals surface area contributed by atoms with Gasteiger partial charge in [0.15, 0.2) is 11.6 Å². The second-order valence-corrected chi connectivity index (χ2v) is 18.3. The van der Waals surface area contributed by atoms with E-state index in [1.165, 1.54) is 6.42 Å². The maximum absolute atomic E-state index is 13.0. The third-order valence-corrected chi connectivity index (χ3v) is 11.8. The smallest absolute Gasteiger partial charge is 0.306 e. The van der Waals surface area contributed by atoms with Gasteiger partial charge in [0.2, 0.25) is 11.8 Å². The molecule has 4 unspecified atom stereocenters. The molecular formula is C45H79N3O16S. The van der Waals surface area contributed by atoms with Gasteiger partial charge in [-0.15, -0.1) is 0 Å². The summed E-state index contributed by atoms with van der Waals surface area (Å²) < 4.78 is 43.4. The van der Waals surface area contributed by atoms with Crippen LogP contribution in [0.25, 0.3) is 0 Å². The fraction of sp³-hybridized carbons (Fsp3) is 0.822. The van der Waals surface area contributed by atoms with E-state index in [9.17, 15) is 61.5 Å². The number of carboxylic acids is 3. The zero-order chi connectivity index (χ0) is 48.9. The van der Waals surface area contributed by atoms with Crippen molar-refractivity contribution in [3.8, 4) is 0 Å². The number of carbonyl (C=O) groups is 8. The monoisotopic (exact) mass is 950 g/mol. The number of carboxylic acid groups (broad SMARTS) is 3. The van der Waals surface area contributed by atoms with Crippen LogP contribution in [0, 0.1) is 11.8 Å². The Labute approximate surface area is 385 Å². The summed E-state index contributed by atoms with van der Waals surface area (Å²) in [5.41, 5.74) is 5.71. The topological polar surface area (TPSA) is 320 Å². The van der Waals surface area contributed by atoms with Crippen molar-refractivity contribution in [1.29, 1.82) is 0 Å². The Morgan fingerprint density at radius 2 is 1.06 bits per heavy atom. The Hall–Kier alpha value is -3.85. The molecule has 0 aromatic rings. The molecule has 0 heterocycles. The van der Waals surface area contributed by atoms with Crippen molar-refractivity contribution in [3.05, 3.63) is 0 Å². The molecule has 0 saturated carbocycles. The molecule has 4 atom stereocenters. The van der Waals surface area contributed by atoms with Gasteiger partial charge in [0.1, 0.15) is 24.2 Å². The van der Waals surface area contributed by atoms with E-state index >= 15 is 0 Å². The van der Waals surface area contributed by atoms with Crippen LogP contribution in [0.5, 0.6) is 0 Å². The minimum absolute atomic E-state index is 0.0167. The van der Waals surface area contributed by atoms with Gasteiger partial charge in [-0.1, -0.05) is 96.8 Å². The lowest BCUT2D eigenvalue weighted by Crippen LogP contribution is -2.46. The third-order valence-electron chi connectivity index (χ3n) is 11.0. The van der Waals surface area contributed by atoms with Crippen molar-refractivity contribution in [2.45, 2.75) is 186 Å². The molecule has 0 aliphatic rings. The molecule has 19 nitrogen and oxygen atoms in total. The predicted molar refractivity (Wildman–Crippen MR) is 242 cm³/mol. The molecule has 2 amide bonds. The first kappa shape index (κ1) is 61.1. The van der Waals surface area contributed by atoms with Crippen LogP contribution >= 0.6 is 0 Å². The molecule has 65 heavy (non-hydrogen) atoms. The van der Waals surface area contributed by atoms with Crippen molar-refractivity contribution in [3.63, 3.8) is 0 Å². The highest BCUT2D eigenvalue weighted by Crippen LogP contribution is 2.18. The van der Waals surface area contributed by atoms with Crippen LogP contribution in [0.2, 0.25) is 0 Å². The SMILES string of the molecule is CCC(N)C(=O)CCCCCC(CC(=O)COCCOCCNC(=O)CCC(CC(=O)C(CS(=O)(=O)O)NC(=O)CCCCCCCCCCCCCCCCC(=O)O)C(=O)O)C(=O)O. The highest BCUT2D eigenvalue weighted by molar-refractivity contribution is 7.85. The van der Waals surface area contributed by atoms with Crippen LogP contribution in [0.1, 0.15) is 174 Å². The Kier molecular flexibility index (Phi) is 36.0. The first-order chi connectivity index (χ1) is 30.9. The van der Waals surface area contributed by atoms with Gasteiger partial charge < -0.3 is 41.2 Å². The van der Waals surface area contributed by atoms with E-state index in [2.05, 4.69) is 10.6 Å². The Balaban J connectivity index is 4.36. The number of ether oxygens (including phenoxy) is 2. The molecule has 0 aromatic carbocycles. The number of Topliss-reactive ketones (excluding diaryl/α,β-unsaturated/α-hetero) is 3.